The molecule has 11 saturated carbocycles. The Morgan fingerprint density at radius 1 is 0.614 bits per heavy atom. The Morgan fingerprint density at radius 3 is 1.38 bits per heavy atom. The molecule has 2 saturated heterocycles. The molecule has 8 N–H and O–H groups in total. The molecule has 2 aliphatic heterocycles. The van der Waals surface area contributed by atoms with Crippen molar-refractivity contribution >= 4 is 55.5 Å². The summed E-state index contributed by atoms with van der Waals surface area (Å²) in [5, 5.41) is 61.3. The SMILES string of the molecule is C.CO.CO.CP.Cc1ccc(S(=O)(=O)O)cc1.O=C(O)C1CC2CC(O)CC(C2)C1.O=C(O)C1CC2CCCC(C2)C1.O=C(O)[C@H]1CC2C=CCC(C2)C1.O=C1C2CC3CC(C2)CC1C3.O=C1OC2CC3CC(C2)CC1C3.O=COO[O-].[2H]C.[H-].[Na+].[Na+].[Na+].[OH-]. The second-order valence-corrected chi connectivity index (χ2v) is 26.4. The van der Waals surface area contributed by atoms with E-state index in [2.05, 4.69) is 31.3 Å². The molecule has 2 heterocycles. The van der Waals surface area contributed by atoms with Gasteiger partial charge in [-0.05, 0) is 219 Å². The monoisotopic (exact) mass is 1320 g/mol. The molecule has 15 rings (SSSR count). The van der Waals surface area contributed by atoms with Gasteiger partial charge >= 0.3 is 119 Å². The van der Waals surface area contributed by atoms with E-state index in [1.54, 1.807) is 12.1 Å². The van der Waals surface area contributed by atoms with Gasteiger partial charge in [0.25, 0.3) is 10.1 Å². The van der Waals surface area contributed by atoms with Crippen molar-refractivity contribution in [3.05, 3.63) is 42.0 Å². The van der Waals surface area contributed by atoms with Crippen LogP contribution >= 0.6 is 9.24 Å². The number of esters is 1. The molecule has 0 radical (unpaired) electrons. The number of ether oxygens (including phenoxy) is 1. The number of hydrogen-bond donors (Lipinski definition) is 7. The van der Waals surface area contributed by atoms with Crippen LogP contribution in [0.2, 0.25) is 0 Å². The van der Waals surface area contributed by atoms with Crippen molar-refractivity contribution in [1.29, 1.82) is 0 Å². The van der Waals surface area contributed by atoms with Crippen LogP contribution < -0.4 is 93.9 Å². The number of carboxylic acids is 3. The molecular formula is C63H106Na3O20PS. The zero-order valence-corrected chi connectivity index (χ0v) is 61.0. The number of ketones is 1. The van der Waals surface area contributed by atoms with Gasteiger partial charge in [0.2, 0.25) is 0 Å². The molecule has 13 fully saturated rings. The van der Waals surface area contributed by atoms with Crippen LogP contribution in [0, 0.1) is 102 Å². The third-order valence-electron chi connectivity index (χ3n) is 19.1. The number of carboxylic acid groups (broad SMARTS) is 3. The molecule has 14 aliphatic rings. The Balaban J connectivity index is -0.000000469. The third kappa shape index (κ3) is 30.2. The van der Waals surface area contributed by atoms with E-state index in [1.807, 2.05) is 13.6 Å². The van der Waals surface area contributed by atoms with E-state index < -0.39 is 28.0 Å². The maximum atomic E-state index is 11.6. The fourth-order valence-corrected chi connectivity index (χ4v) is 16.6. The summed E-state index contributed by atoms with van der Waals surface area (Å²) in [4.78, 5) is 67.3. The van der Waals surface area contributed by atoms with Crippen LogP contribution in [-0.2, 0) is 53.5 Å². The molecule has 0 aromatic heterocycles. The number of hydrogen-bond acceptors (Lipinski definition) is 16. The first-order valence-electron chi connectivity index (χ1n) is 30.9. The second kappa shape index (κ2) is 47.0. The van der Waals surface area contributed by atoms with Crippen molar-refractivity contribution < 1.29 is 189 Å². The van der Waals surface area contributed by atoms with Gasteiger partial charge in [-0.2, -0.15) is 8.42 Å². The summed E-state index contributed by atoms with van der Waals surface area (Å²) in [6.45, 7) is 3.65. The van der Waals surface area contributed by atoms with Crippen molar-refractivity contribution in [2.24, 2.45) is 94.7 Å². The number of allylic oxidation sites excluding steroid dienone is 2. The van der Waals surface area contributed by atoms with Crippen LogP contribution in [0.5, 0.6) is 0 Å². The zero-order chi connectivity index (χ0) is 62.7. The fraction of sp³-hybridized carbons (Fsp3) is 0.778. The van der Waals surface area contributed by atoms with E-state index in [-0.39, 0.29) is 156 Å². The predicted molar refractivity (Wildman–Crippen MR) is 322 cm³/mol. The van der Waals surface area contributed by atoms with E-state index >= 15 is 0 Å². The molecule has 12 aliphatic carbocycles. The number of aliphatic carboxylic acids is 3. The second-order valence-electron chi connectivity index (χ2n) is 25.0. The third-order valence-corrected chi connectivity index (χ3v) is 19.9. The molecule has 0 spiro atoms. The molecule has 0 amide bonds. The maximum Gasteiger partial charge on any atom is 1.00 e. The molecule has 9 unspecified atom stereocenters. The van der Waals surface area contributed by atoms with Crippen molar-refractivity contribution in [3.8, 4) is 0 Å². The van der Waals surface area contributed by atoms with E-state index in [1.165, 1.54) is 90.2 Å². The van der Waals surface area contributed by atoms with Gasteiger partial charge in [0.05, 0.1) is 34.7 Å². The first kappa shape index (κ1) is 89.1. The summed E-state index contributed by atoms with van der Waals surface area (Å²) in [5.41, 5.74) is 0.956. The van der Waals surface area contributed by atoms with Gasteiger partial charge in [0.1, 0.15) is 11.9 Å². The Labute approximate surface area is 596 Å². The molecule has 492 valence electrons. The van der Waals surface area contributed by atoms with Crippen LogP contribution in [0.15, 0.2) is 41.3 Å². The van der Waals surface area contributed by atoms with E-state index in [4.69, 9.17) is 46.2 Å². The number of aliphatic hydroxyl groups excluding tert-OH is 3. The summed E-state index contributed by atoms with van der Waals surface area (Å²) >= 11 is 0. The number of aryl methyl sites for hydroxylation is 1. The van der Waals surface area contributed by atoms with Crippen molar-refractivity contribution in [2.45, 2.75) is 199 Å². The summed E-state index contributed by atoms with van der Waals surface area (Å²) in [6.07, 6.45) is 32.4. The Morgan fingerprint density at radius 2 is 0.989 bits per heavy atom. The molecule has 10 atom stereocenters. The molecule has 1 aromatic rings. The van der Waals surface area contributed by atoms with Crippen LogP contribution in [0.25, 0.3) is 0 Å². The topological polar surface area (TPSA) is 359 Å². The molecule has 20 nitrogen and oxygen atoms in total. The van der Waals surface area contributed by atoms with Crippen LogP contribution in [0.1, 0.15) is 184 Å². The summed E-state index contributed by atoms with van der Waals surface area (Å²) in [5.74, 6) is 7.04. The van der Waals surface area contributed by atoms with Crippen molar-refractivity contribution in [3.63, 3.8) is 0 Å². The molecule has 25 heteroatoms. The first-order valence-corrected chi connectivity index (χ1v) is 32.5. The van der Waals surface area contributed by atoms with Gasteiger partial charge in [0, 0.05) is 27.4 Å². The Hall–Kier alpha value is -0.920. The predicted octanol–water partition coefficient (Wildman–Crippen LogP) is 0.895. The van der Waals surface area contributed by atoms with Gasteiger partial charge in [-0.3, -0.25) is 33.3 Å². The molecule has 1 aromatic carbocycles. The van der Waals surface area contributed by atoms with Gasteiger partial charge in [-0.25, -0.2) is 5.04 Å². The maximum absolute atomic E-state index is 11.6. The summed E-state index contributed by atoms with van der Waals surface area (Å²) < 4.78 is 40.7. The Bertz CT molecular complexity index is 2240. The van der Waals surface area contributed by atoms with E-state index in [0.29, 0.717) is 41.3 Å². The molecule has 14 bridgehead atoms. The first-order chi connectivity index (χ1) is 40.2. The number of carbonyl (C=O) groups excluding carboxylic acids is 3. The smallest absolute Gasteiger partial charge is 1.00 e. The Kier molecular flexibility index (Phi) is 47.7. The van der Waals surface area contributed by atoms with Gasteiger partial charge in [0.15, 0.2) is 0 Å². The van der Waals surface area contributed by atoms with Crippen LogP contribution in [-0.4, -0.2) is 118 Å². The van der Waals surface area contributed by atoms with Crippen molar-refractivity contribution in [2.75, 3.05) is 20.9 Å². The normalized spacial score (nSPS) is 33.2. The average Bonchev–Trinajstić information content (AvgIpc) is 0.853. The minimum atomic E-state index is -4.02. The summed E-state index contributed by atoms with van der Waals surface area (Å²) in [7, 11) is 1.65. The number of carbonyl (C=O) groups is 6. The number of rotatable bonds is 6. The van der Waals surface area contributed by atoms with Crippen LogP contribution in [0.4, 0.5) is 0 Å². The zero-order valence-electron chi connectivity index (χ0n) is 55.1. The standard InChI is InChI=1S/C10H16O3.C10H14O2.C10H16O2.C10H14O2.C10H14O.C7H8O3S.CH2O4.2CH4O.CH5P.2CH4.3Na.H2O.H/c11-9-4-6-1-7(5-9)3-8(2-6)10(12)13;11-10-8-2-6-1-7(3-8)5-9(4-6)12-10;2*11-10(12)9-5-7-2-1-3-8(4-7)6-9;11-10-8-2-6-1-7(4-8)5-9(10)3-6;1-6-2-4-7(5-3-6)11(8,9)10;2-1-4-5-3;3*1-2;;;;;;;/h6-9,11H,1-5H2,(H,12,13);6-9H,1-5H2;7-9H,1-6H2,(H,11,12);1-2,7-9H,3-6H2,(H,11,12);6-9H,1-5H2;2-5H,1H3,(H,8,9,10);1,3H;2*2H,1H3;2H2,1H3;2*1H4;;;;1H2;/q;;;;;;;;;;;;3*+1;;-1/p-2/t;;;7?,8?,9-;;;;;;;;;;;;;/m...0............./s1/i;;;;;;;;;;1D;;;;;;. The largest absolute Gasteiger partial charge is 1.00 e. The number of Topliss-reactive ketones (excluding diaryl/α,β-unsaturated/α-hetero) is 1. The van der Waals surface area contributed by atoms with Crippen LogP contribution in [0.3, 0.4) is 0 Å². The van der Waals surface area contributed by atoms with Gasteiger partial charge < -0.3 is 52.4 Å². The van der Waals surface area contributed by atoms with E-state index in [0.717, 1.165) is 145 Å². The molecule has 88 heavy (non-hydrogen) atoms. The average molecular weight is 1320 g/mol. The number of benzene rings is 1. The minimum Gasteiger partial charge on any atom is -1.00 e. The quantitative estimate of drug-likeness (QED) is 0.0304. The fourth-order valence-electron chi connectivity index (χ4n) is 16.2. The number of aliphatic hydroxyl groups is 3. The van der Waals surface area contributed by atoms with Crippen molar-refractivity contribution in [1.82, 2.24) is 0 Å². The number of fused-ring (bicyclic) bond motifs is 7. The summed E-state index contributed by atoms with van der Waals surface area (Å²) in [6, 6.07) is 5.99. The minimum absolute atomic E-state index is 0. The van der Waals surface area contributed by atoms with E-state index in [9.17, 15) is 37.5 Å². The van der Waals surface area contributed by atoms with Gasteiger partial charge in [-0.15, -0.1) is 9.24 Å². The molecular weight excluding hydrogens is 1210 g/mol. The van der Waals surface area contributed by atoms with Gasteiger partial charge in [-0.1, -0.05) is 70.6 Å².